The van der Waals surface area contributed by atoms with Gasteiger partial charge in [0, 0.05) is 35.5 Å². The van der Waals surface area contributed by atoms with Crippen LogP contribution in [-0.2, 0) is 6.42 Å². The molecule has 3 rings (SSSR count). The third-order valence-electron chi connectivity index (χ3n) is 5.03. The lowest BCUT2D eigenvalue weighted by molar-refractivity contribution is 0.0714. The highest BCUT2D eigenvalue weighted by atomic mass is 16.3. The second-order valence-electron chi connectivity index (χ2n) is 9.14. The summed E-state index contributed by atoms with van der Waals surface area (Å²) < 4.78 is 0. The van der Waals surface area contributed by atoms with Gasteiger partial charge in [0.2, 0.25) is 5.95 Å². The predicted octanol–water partition coefficient (Wildman–Crippen LogP) is 4.30. The molecular formula is C23H32N4O. The summed E-state index contributed by atoms with van der Waals surface area (Å²) in [5.41, 5.74) is 3.61. The minimum atomic E-state index is -0.638. The van der Waals surface area contributed by atoms with Crippen LogP contribution in [0.15, 0.2) is 48.8 Å². The highest BCUT2D eigenvalue weighted by Crippen LogP contribution is 2.26. The molecule has 1 aromatic heterocycles. The van der Waals surface area contributed by atoms with E-state index in [1.165, 1.54) is 5.56 Å². The zero-order valence-electron chi connectivity index (χ0n) is 17.4. The molecule has 150 valence electrons. The number of benzene rings is 1. The minimum Gasteiger partial charge on any atom is -0.390 e. The SMILES string of the molecule is C=C1CC(Nc2nccc(-c3ccc(CCC(C)(C)O)cc3)n2)CC(C)(C)N1. The van der Waals surface area contributed by atoms with Gasteiger partial charge in [-0.1, -0.05) is 30.8 Å². The zero-order chi connectivity index (χ0) is 20.4. The summed E-state index contributed by atoms with van der Waals surface area (Å²) in [4.78, 5) is 9.12. The maximum Gasteiger partial charge on any atom is 0.223 e. The fourth-order valence-corrected chi connectivity index (χ4v) is 3.73. The number of anilines is 1. The normalized spacial score (nSPS) is 19.2. The topological polar surface area (TPSA) is 70.1 Å². The number of aromatic nitrogens is 2. The molecule has 0 amide bonds. The first kappa shape index (κ1) is 20.3. The summed E-state index contributed by atoms with van der Waals surface area (Å²) in [5, 5.41) is 16.8. The van der Waals surface area contributed by atoms with Crippen molar-refractivity contribution in [2.24, 2.45) is 0 Å². The Labute approximate surface area is 168 Å². The number of piperidine rings is 1. The number of rotatable bonds is 6. The number of nitrogens with zero attached hydrogens (tertiary/aromatic N) is 2. The monoisotopic (exact) mass is 380 g/mol. The van der Waals surface area contributed by atoms with Gasteiger partial charge in [0.1, 0.15) is 0 Å². The molecule has 2 aromatic rings. The Morgan fingerprint density at radius 3 is 2.61 bits per heavy atom. The summed E-state index contributed by atoms with van der Waals surface area (Å²) >= 11 is 0. The second-order valence-corrected chi connectivity index (χ2v) is 9.14. The lowest BCUT2D eigenvalue weighted by atomic mass is 9.88. The van der Waals surface area contributed by atoms with Crippen LogP contribution in [0, 0.1) is 0 Å². The van der Waals surface area contributed by atoms with E-state index < -0.39 is 5.60 Å². The lowest BCUT2D eigenvalue weighted by Gasteiger charge is -2.38. The molecule has 5 heteroatoms. The third kappa shape index (κ3) is 5.80. The van der Waals surface area contributed by atoms with Crippen molar-refractivity contribution in [3.8, 4) is 11.3 Å². The third-order valence-corrected chi connectivity index (χ3v) is 5.03. The molecule has 1 saturated heterocycles. The van der Waals surface area contributed by atoms with Crippen molar-refractivity contribution in [2.45, 2.75) is 70.6 Å². The predicted molar refractivity (Wildman–Crippen MR) is 115 cm³/mol. The van der Waals surface area contributed by atoms with Gasteiger partial charge in [0.05, 0.1) is 11.3 Å². The molecule has 5 nitrogen and oxygen atoms in total. The van der Waals surface area contributed by atoms with Crippen LogP contribution in [0.5, 0.6) is 0 Å². The van der Waals surface area contributed by atoms with Crippen LogP contribution in [0.4, 0.5) is 5.95 Å². The average Bonchev–Trinajstić information content (AvgIpc) is 2.58. The van der Waals surface area contributed by atoms with Crippen molar-refractivity contribution in [1.29, 1.82) is 0 Å². The molecule has 0 radical (unpaired) electrons. The van der Waals surface area contributed by atoms with Crippen molar-refractivity contribution in [2.75, 3.05) is 5.32 Å². The Balaban J connectivity index is 1.68. The Hall–Kier alpha value is -2.40. The maximum atomic E-state index is 9.89. The second kappa shape index (κ2) is 7.92. The molecule has 1 fully saturated rings. The van der Waals surface area contributed by atoms with E-state index in [0.29, 0.717) is 5.95 Å². The molecule has 1 atom stereocenters. The zero-order valence-corrected chi connectivity index (χ0v) is 17.4. The van der Waals surface area contributed by atoms with Crippen molar-refractivity contribution in [3.63, 3.8) is 0 Å². The molecule has 2 heterocycles. The van der Waals surface area contributed by atoms with Gasteiger partial charge in [0.15, 0.2) is 0 Å². The molecule has 0 aliphatic carbocycles. The van der Waals surface area contributed by atoms with Gasteiger partial charge in [-0.15, -0.1) is 0 Å². The number of hydrogen-bond acceptors (Lipinski definition) is 5. The van der Waals surface area contributed by atoms with Gasteiger partial charge in [-0.25, -0.2) is 9.97 Å². The van der Waals surface area contributed by atoms with Crippen LogP contribution in [0.2, 0.25) is 0 Å². The van der Waals surface area contributed by atoms with Gasteiger partial charge in [-0.05, 0) is 58.6 Å². The highest BCUT2D eigenvalue weighted by molar-refractivity contribution is 5.60. The highest BCUT2D eigenvalue weighted by Gasteiger charge is 2.29. The fourth-order valence-electron chi connectivity index (χ4n) is 3.73. The molecule has 0 saturated carbocycles. The first-order valence-electron chi connectivity index (χ1n) is 9.97. The molecule has 28 heavy (non-hydrogen) atoms. The minimum absolute atomic E-state index is 0.0174. The molecule has 1 aliphatic rings. The van der Waals surface area contributed by atoms with Crippen LogP contribution in [0.1, 0.15) is 52.5 Å². The Kier molecular flexibility index (Phi) is 5.75. The van der Waals surface area contributed by atoms with E-state index in [-0.39, 0.29) is 11.6 Å². The van der Waals surface area contributed by atoms with Crippen molar-refractivity contribution < 1.29 is 5.11 Å². The van der Waals surface area contributed by atoms with Crippen LogP contribution in [0.25, 0.3) is 11.3 Å². The van der Waals surface area contributed by atoms with E-state index in [1.54, 1.807) is 6.20 Å². The number of aliphatic hydroxyl groups is 1. The fraction of sp³-hybridized carbons (Fsp3) is 0.478. The van der Waals surface area contributed by atoms with Gasteiger partial charge >= 0.3 is 0 Å². The molecule has 0 bridgehead atoms. The van der Waals surface area contributed by atoms with Crippen LogP contribution >= 0.6 is 0 Å². The van der Waals surface area contributed by atoms with Gasteiger partial charge < -0.3 is 15.7 Å². The summed E-state index contributed by atoms with van der Waals surface area (Å²) in [6.45, 7) is 12.1. The molecule has 1 aromatic carbocycles. The van der Waals surface area contributed by atoms with Crippen molar-refractivity contribution in [1.82, 2.24) is 15.3 Å². The van der Waals surface area contributed by atoms with E-state index in [4.69, 9.17) is 4.98 Å². The van der Waals surface area contributed by atoms with E-state index in [9.17, 15) is 5.11 Å². The molecule has 1 unspecified atom stereocenters. The number of nitrogens with one attached hydrogen (secondary N) is 2. The Bertz CT molecular complexity index is 821. The smallest absolute Gasteiger partial charge is 0.223 e. The van der Waals surface area contributed by atoms with E-state index in [0.717, 1.165) is 42.6 Å². The van der Waals surface area contributed by atoms with E-state index in [2.05, 4.69) is 60.3 Å². The lowest BCUT2D eigenvalue weighted by Crippen LogP contribution is -2.48. The van der Waals surface area contributed by atoms with Gasteiger partial charge in [-0.3, -0.25) is 0 Å². The molecular weight excluding hydrogens is 348 g/mol. The summed E-state index contributed by atoms with van der Waals surface area (Å²) in [6.07, 6.45) is 5.25. The van der Waals surface area contributed by atoms with Crippen LogP contribution in [-0.4, -0.2) is 32.3 Å². The first-order valence-corrected chi connectivity index (χ1v) is 9.97. The Morgan fingerprint density at radius 1 is 1.25 bits per heavy atom. The number of aryl methyl sites for hydroxylation is 1. The maximum absolute atomic E-state index is 9.89. The van der Waals surface area contributed by atoms with Crippen LogP contribution in [0.3, 0.4) is 0 Å². The summed E-state index contributed by atoms with van der Waals surface area (Å²) in [5.74, 6) is 0.652. The molecule has 1 aliphatic heterocycles. The Morgan fingerprint density at radius 2 is 1.96 bits per heavy atom. The average molecular weight is 381 g/mol. The molecule has 3 N–H and O–H groups in total. The van der Waals surface area contributed by atoms with Gasteiger partial charge in [-0.2, -0.15) is 0 Å². The summed E-state index contributed by atoms with van der Waals surface area (Å²) in [7, 11) is 0. The largest absolute Gasteiger partial charge is 0.390 e. The van der Waals surface area contributed by atoms with Gasteiger partial charge in [0.25, 0.3) is 0 Å². The van der Waals surface area contributed by atoms with Crippen LogP contribution < -0.4 is 10.6 Å². The number of hydrogen-bond donors (Lipinski definition) is 3. The van der Waals surface area contributed by atoms with Crippen molar-refractivity contribution >= 4 is 5.95 Å². The summed E-state index contributed by atoms with van der Waals surface area (Å²) in [6, 6.07) is 10.6. The van der Waals surface area contributed by atoms with E-state index in [1.807, 2.05) is 19.9 Å². The van der Waals surface area contributed by atoms with Crippen molar-refractivity contribution in [3.05, 3.63) is 54.4 Å². The quantitative estimate of drug-likeness (QED) is 0.697. The van der Waals surface area contributed by atoms with E-state index >= 15 is 0 Å². The molecule has 0 spiro atoms. The standard InChI is InChI=1S/C23H32N4O/c1-16-14-19(15-22(2,3)27-16)25-21-24-13-11-20(26-21)18-8-6-17(7-9-18)10-12-23(4,5)28/h6-9,11,13,19,27-28H,1,10,12,14-15H2,2-5H3,(H,24,25,26). The first-order chi connectivity index (χ1) is 13.1.